The van der Waals surface area contributed by atoms with E-state index in [1.807, 2.05) is 0 Å². The van der Waals surface area contributed by atoms with Gasteiger partial charge < -0.3 is 4.74 Å². The molecule has 0 unspecified atom stereocenters. The van der Waals surface area contributed by atoms with Crippen molar-refractivity contribution in [1.82, 2.24) is 25.1 Å². The number of ether oxygens (including phenoxy) is 1. The summed E-state index contributed by atoms with van der Waals surface area (Å²) >= 11 is 7.10. The molecule has 2 rings (SSSR count). The number of H-pyrrole nitrogens is 1. The van der Waals surface area contributed by atoms with Crippen LogP contribution in [0.5, 0.6) is 5.75 Å². The Bertz CT molecular complexity index is 449. The number of hydrogen-bond donors (Lipinski definition) is 1. The summed E-state index contributed by atoms with van der Waals surface area (Å²) in [7, 11) is 1.51. The first-order chi connectivity index (χ1) is 7.31. The summed E-state index contributed by atoms with van der Waals surface area (Å²) in [4.78, 5) is 11.8. The minimum absolute atomic E-state index is 0.273. The Balaban J connectivity index is 2.32. The Morgan fingerprint density at radius 1 is 1.33 bits per heavy atom. The average Bonchev–Trinajstić information content (AvgIpc) is 2.71. The van der Waals surface area contributed by atoms with E-state index in [1.165, 1.54) is 31.5 Å². The SMILES string of the molecule is COc1c(Cl)ncnc1Sc1ncn[nH]1. The molecule has 0 spiro atoms. The van der Waals surface area contributed by atoms with Crippen LogP contribution in [0, 0.1) is 0 Å². The molecule has 15 heavy (non-hydrogen) atoms. The van der Waals surface area contributed by atoms with Gasteiger partial charge in [0.05, 0.1) is 7.11 Å². The van der Waals surface area contributed by atoms with Crippen LogP contribution in [0.15, 0.2) is 22.8 Å². The number of hydrogen-bond acceptors (Lipinski definition) is 6. The zero-order valence-electron chi connectivity index (χ0n) is 7.64. The zero-order chi connectivity index (χ0) is 10.7. The van der Waals surface area contributed by atoms with Crippen LogP contribution in [0.1, 0.15) is 0 Å². The van der Waals surface area contributed by atoms with Crippen molar-refractivity contribution in [3.05, 3.63) is 17.8 Å². The molecule has 8 heteroatoms. The lowest BCUT2D eigenvalue weighted by molar-refractivity contribution is 0.398. The average molecular weight is 244 g/mol. The highest BCUT2D eigenvalue weighted by molar-refractivity contribution is 7.99. The van der Waals surface area contributed by atoms with E-state index in [9.17, 15) is 0 Å². The summed E-state index contributed by atoms with van der Waals surface area (Å²) in [5.41, 5.74) is 0. The van der Waals surface area contributed by atoms with E-state index in [1.54, 1.807) is 0 Å². The molecule has 0 aliphatic rings. The molecule has 0 amide bonds. The lowest BCUT2D eigenvalue weighted by Crippen LogP contribution is -1.93. The van der Waals surface area contributed by atoms with Crippen molar-refractivity contribution in [2.45, 2.75) is 10.2 Å². The maximum Gasteiger partial charge on any atom is 0.189 e. The predicted octanol–water partition coefficient (Wildman–Crippen LogP) is 1.41. The molecule has 2 aromatic rings. The number of methoxy groups -OCH3 is 1. The van der Waals surface area contributed by atoms with Crippen LogP contribution in [0.3, 0.4) is 0 Å². The van der Waals surface area contributed by atoms with Gasteiger partial charge in [-0.05, 0) is 11.8 Å². The Kier molecular flexibility index (Phi) is 3.02. The van der Waals surface area contributed by atoms with E-state index < -0.39 is 0 Å². The number of rotatable bonds is 3. The summed E-state index contributed by atoms with van der Waals surface area (Å²) in [6, 6.07) is 0. The highest BCUT2D eigenvalue weighted by Gasteiger charge is 2.12. The molecule has 0 atom stereocenters. The maximum atomic E-state index is 5.83. The molecule has 6 nitrogen and oxygen atoms in total. The molecular formula is C7H6ClN5OS. The van der Waals surface area contributed by atoms with Crippen molar-refractivity contribution in [2.24, 2.45) is 0 Å². The standard InChI is InChI=1S/C7H6ClN5OS/c1-14-4-5(8)9-2-10-6(4)15-7-11-3-12-13-7/h2-3H,1H3,(H,11,12,13). The Hall–Kier alpha value is -1.34. The third kappa shape index (κ3) is 2.18. The van der Waals surface area contributed by atoms with Gasteiger partial charge in [-0.25, -0.2) is 15.0 Å². The van der Waals surface area contributed by atoms with Crippen LogP contribution in [0.25, 0.3) is 0 Å². The van der Waals surface area contributed by atoms with E-state index in [2.05, 4.69) is 25.1 Å². The van der Waals surface area contributed by atoms with E-state index in [0.717, 1.165) is 0 Å². The van der Waals surface area contributed by atoms with Gasteiger partial charge in [0.2, 0.25) is 0 Å². The van der Waals surface area contributed by atoms with Crippen LogP contribution >= 0.6 is 23.4 Å². The minimum Gasteiger partial charge on any atom is -0.491 e. The molecule has 0 aromatic carbocycles. The second-order valence-corrected chi connectivity index (χ2v) is 3.73. The Labute approximate surface area is 94.4 Å². The van der Waals surface area contributed by atoms with Gasteiger partial charge in [-0.3, -0.25) is 5.10 Å². The molecular weight excluding hydrogens is 238 g/mol. The molecule has 1 N–H and O–H groups in total. The first-order valence-corrected chi connectivity index (χ1v) is 5.08. The van der Waals surface area contributed by atoms with E-state index in [0.29, 0.717) is 15.9 Å². The van der Waals surface area contributed by atoms with Crippen molar-refractivity contribution in [3.63, 3.8) is 0 Å². The van der Waals surface area contributed by atoms with Crippen LogP contribution in [0.4, 0.5) is 0 Å². The lowest BCUT2D eigenvalue weighted by atomic mass is 10.6. The fraction of sp³-hybridized carbons (Fsp3) is 0.143. The molecule has 0 saturated heterocycles. The van der Waals surface area contributed by atoms with Crippen molar-refractivity contribution in [2.75, 3.05) is 7.11 Å². The number of nitrogens with one attached hydrogen (secondary N) is 1. The first kappa shape index (κ1) is 10.2. The van der Waals surface area contributed by atoms with Crippen molar-refractivity contribution >= 4 is 23.4 Å². The van der Waals surface area contributed by atoms with Gasteiger partial charge in [-0.1, -0.05) is 11.6 Å². The maximum absolute atomic E-state index is 5.83. The molecule has 0 fully saturated rings. The van der Waals surface area contributed by atoms with Gasteiger partial charge in [-0.2, -0.15) is 5.10 Å². The quantitative estimate of drug-likeness (QED) is 0.822. The molecule has 0 saturated carbocycles. The third-order valence-electron chi connectivity index (χ3n) is 1.52. The summed E-state index contributed by atoms with van der Waals surface area (Å²) in [6.45, 7) is 0. The van der Waals surface area contributed by atoms with Crippen LogP contribution in [0.2, 0.25) is 5.15 Å². The minimum atomic E-state index is 0.273. The largest absolute Gasteiger partial charge is 0.491 e. The topological polar surface area (TPSA) is 76.6 Å². The zero-order valence-corrected chi connectivity index (χ0v) is 9.21. The highest BCUT2D eigenvalue weighted by Crippen LogP contribution is 2.34. The third-order valence-corrected chi connectivity index (χ3v) is 2.66. The number of aromatic amines is 1. The van der Waals surface area contributed by atoms with Gasteiger partial charge in [0.1, 0.15) is 12.7 Å². The van der Waals surface area contributed by atoms with Gasteiger partial charge in [0.25, 0.3) is 0 Å². The molecule has 0 aliphatic carbocycles. The first-order valence-electron chi connectivity index (χ1n) is 3.89. The molecule has 0 bridgehead atoms. The van der Waals surface area contributed by atoms with Crippen LogP contribution in [-0.4, -0.2) is 32.3 Å². The van der Waals surface area contributed by atoms with Gasteiger partial charge in [0.15, 0.2) is 21.1 Å². The Morgan fingerprint density at radius 2 is 2.20 bits per heavy atom. The van der Waals surface area contributed by atoms with Gasteiger partial charge in [-0.15, -0.1) is 0 Å². The molecule has 0 radical (unpaired) electrons. The summed E-state index contributed by atoms with van der Waals surface area (Å²) < 4.78 is 5.09. The van der Waals surface area contributed by atoms with Crippen molar-refractivity contribution in [3.8, 4) is 5.75 Å². The Morgan fingerprint density at radius 3 is 2.87 bits per heavy atom. The molecule has 2 heterocycles. The number of aromatic nitrogens is 5. The van der Waals surface area contributed by atoms with Crippen LogP contribution < -0.4 is 4.74 Å². The monoisotopic (exact) mass is 243 g/mol. The second kappa shape index (κ2) is 4.45. The van der Waals surface area contributed by atoms with E-state index >= 15 is 0 Å². The van der Waals surface area contributed by atoms with Crippen molar-refractivity contribution < 1.29 is 4.74 Å². The van der Waals surface area contributed by atoms with E-state index in [-0.39, 0.29) is 5.15 Å². The van der Waals surface area contributed by atoms with Gasteiger partial charge in [0, 0.05) is 0 Å². The van der Waals surface area contributed by atoms with Crippen LogP contribution in [-0.2, 0) is 0 Å². The highest BCUT2D eigenvalue weighted by atomic mass is 35.5. The summed E-state index contributed by atoms with van der Waals surface area (Å²) in [5.74, 6) is 0.431. The molecule has 2 aromatic heterocycles. The fourth-order valence-electron chi connectivity index (χ4n) is 0.917. The molecule has 78 valence electrons. The predicted molar refractivity (Wildman–Crippen MR) is 54.1 cm³/mol. The van der Waals surface area contributed by atoms with Gasteiger partial charge >= 0.3 is 0 Å². The fourth-order valence-corrected chi connectivity index (χ4v) is 1.94. The molecule has 0 aliphatic heterocycles. The normalized spacial score (nSPS) is 10.3. The smallest absolute Gasteiger partial charge is 0.189 e. The number of nitrogens with zero attached hydrogens (tertiary/aromatic N) is 4. The van der Waals surface area contributed by atoms with Crippen molar-refractivity contribution in [1.29, 1.82) is 0 Å². The summed E-state index contributed by atoms with van der Waals surface area (Å²) in [6.07, 6.45) is 2.78. The lowest BCUT2D eigenvalue weighted by Gasteiger charge is -2.05. The summed E-state index contributed by atoms with van der Waals surface area (Å²) in [5, 5.41) is 7.90. The van der Waals surface area contributed by atoms with E-state index in [4.69, 9.17) is 16.3 Å². The second-order valence-electron chi connectivity index (χ2n) is 2.40. The number of halogens is 1.